The normalized spacial score (nSPS) is 16.6. The molecule has 0 radical (unpaired) electrons. The van der Waals surface area contributed by atoms with Crippen LogP contribution in [0.15, 0.2) is 42.5 Å². The molecule has 132 valence electrons. The van der Waals surface area contributed by atoms with Gasteiger partial charge < -0.3 is 19.7 Å². The van der Waals surface area contributed by atoms with E-state index in [-0.39, 0.29) is 6.04 Å². The van der Waals surface area contributed by atoms with Crippen molar-refractivity contribution in [3.8, 4) is 11.5 Å². The van der Waals surface area contributed by atoms with Crippen LogP contribution in [0.4, 0.5) is 5.69 Å². The molecule has 1 saturated heterocycles. The van der Waals surface area contributed by atoms with Crippen LogP contribution in [-0.4, -0.2) is 30.8 Å². The Balaban J connectivity index is 1.80. The zero-order chi connectivity index (χ0) is 17.8. The number of methoxy groups -OCH3 is 2. The Morgan fingerprint density at radius 2 is 1.88 bits per heavy atom. The molecule has 0 bridgehead atoms. The number of nitrogens with zero attached hydrogens (tertiary/aromatic N) is 1. The van der Waals surface area contributed by atoms with Crippen molar-refractivity contribution >= 4 is 23.0 Å². The maximum Gasteiger partial charge on any atom is 0.173 e. The third kappa shape index (κ3) is 3.87. The van der Waals surface area contributed by atoms with Gasteiger partial charge in [0.15, 0.2) is 5.11 Å². The summed E-state index contributed by atoms with van der Waals surface area (Å²) >= 11 is 5.68. The molecule has 1 heterocycles. The number of ether oxygens (including phenoxy) is 2. The number of rotatable bonds is 4. The van der Waals surface area contributed by atoms with Gasteiger partial charge in [-0.3, -0.25) is 0 Å². The quantitative estimate of drug-likeness (QED) is 0.813. The third-order valence-corrected chi connectivity index (χ3v) is 4.95. The summed E-state index contributed by atoms with van der Waals surface area (Å²) in [6, 6.07) is 14.5. The van der Waals surface area contributed by atoms with E-state index in [2.05, 4.69) is 47.5 Å². The van der Waals surface area contributed by atoms with Crippen LogP contribution in [0.25, 0.3) is 0 Å². The molecule has 1 aliphatic rings. The van der Waals surface area contributed by atoms with Gasteiger partial charge in [-0.1, -0.05) is 17.7 Å². The molecule has 25 heavy (non-hydrogen) atoms. The highest BCUT2D eigenvalue weighted by molar-refractivity contribution is 7.80. The Hall–Kier alpha value is -2.27. The fourth-order valence-electron chi connectivity index (χ4n) is 3.26. The minimum atomic E-state index is 0.214. The third-order valence-electron chi connectivity index (χ3n) is 4.62. The molecule has 0 aromatic heterocycles. The highest BCUT2D eigenvalue weighted by Gasteiger charge is 2.30. The summed E-state index contributed by atoms with van der Waals surface area (Å²) in [6.45, 7) is 3.02. The van der Waals surface area contributed by atoms with Crippen LogP contribution in [-0.2, 0) is 0 Å². The highest BCUT2D eigenvalue weighted by Crippen LogP contribution is 2.39. The van der Waals surface area contributed by atoms with E-state index >= 15 is 0 Å². The average Bonchev–Trinajstić information content (AvgIpc) is 3.12. The van der Waals surface area contributed by atoms with Crippen molar-refractivity contribution in [2.45, 2.75) is 25.8 Å². The van der Waals surface area contributed by atoms with Crippen LogP contribution >= 0.6 is 12.2 Å². The van der Waals surface area contributed by atoms with Gasteiger partial charge in [-0.15, -0.1) is 0 Å². The van der Waals surface area contributed by atoms with E-state index in [4.69, 9.17) is 21.7 Å². The van der Waals surface area contributed by atoms with E-state index in [9.17, 15) is 0 Å². The first-order valence-corrected chi connectivity index (χ1v) is 8.89. The Labute approximate surface area is 154 Å². The van der Waals surface area contributed by atoms with E-state index in [0.29, 0.717) is 0 Å². The van der Waals surface area contributed by atoms with Crippen LogP contribution in [0.2, 0.25) is 0 Å². The van der Waals surface area contributed by atoms with Gasteiger partial charge >= 0.3 is 0 Å². The van der Waals surface area contributed by atoms with Gasteiger partial charge in [0, 0.05) is 23.9 Å². The summed E-state index contributed by atoms with van der Waals surface area (Å²) in [5.41, 5.74) is 3.40. The number of likely N-dealkylation sites (tertiary alicyclic amines) is 1. The minimum absolute atomic E-state index is 0.214. The van der Waals surface area contributed by atoms with Gasteiger partial charge in [0.1, 0.15) is 11.5 Å². The average molecular weight is 356 g/mol. The Morgan fingerprint density at radius 3 is 2.56 bits per heavy atom. The lowest BCUT2D eigenvalue weighted by atomic mass is 10.0. The largest absolute Gasteiger partial charge is 0.497 e. The van der Waals surface area contributed by atoms with Gasteiger partial charge in [0.05, 0.1) is 20.3 Å². The molecule has 0 spiro atoms. The fraction of sp³-hybridized carbons (Fsp3) is 0.350. The van der Waals surface area contributed by atoms with Gasteiger partial charge in [-0.05, 0) is 56.2 Å². The maximum atomic E-state index is 5.68. The van der Waals surface area contributed by atoms with Crippen molar-refractivity contribution in [2.75, 3.05) is 26.1 Å². The molecular weight excluding hydrogens is 332 g/mol. The Kier molecular flexibility index (Phi) is 5.43. The number of benzene rings is 2. The van der Waals surface area contributed by atoms with E-state index in [1.165, 1.54) is 5.56 Å². The minimum Gasteiger partial charge on any atom is -0.497 e. The van der Waals surface area contributed by atoms with Crippen molar-refractivity contribution in [1.82, 2.24) is 4.90 Å². The number of hydrogen-bond acceptors (Lipinski definition) is 3. The van der Waals surface area contributed by atoms with Gasteiger partial charge in [-0.2, -0.15) is 0 Å². The molecule has 1 aliphatic heterocycles. The second-order valence-electron chi connectivity index (χ2n) is 6.26. The summed E-state index contributed by atoms with van der Waals surface area (Å²) in [5, 5.41) is 4.12. The lowest BCUT2D eigenvalue weighted by Gasteiger charge is -2.29. The number of aryl methyl sites for hydroxylation is 1. The molecule has 5 heteroatoms. The molecule has 0 saturated carbocycles. The van der Waals surface area contributed by atoms with E-state index in [1.54, 1.807) is 14.2 Å². The first kappa shape index (κ1) is 17.5. The van der Waals surface area contributed by atoms with Crippen molar-refractivity contribution in [3.63, 3.8) is 0 Å². The van der Waals surface area contributed by atoms with Gasteiger partial charge in [0.25, 0.3) is 0 Å². The number of nitrogens with one attached hydrogen (secondary N) is 1. The van der Waals surface area contributed by atoms with Gasteiger partial charge in [-0.25, -0.2) is 0 Å². The molecular formula is C20H24N2O2S. The van der Waals surface area contributed by atoms with E-state index < -0.39 is 0 Å². The van der Waals surface area contributed by atoms with Crippen LogP contribution in [0, 0.1) is 6.92 Å². The first-order valence-electron chi connectivity index (χ1n) is 8.48. The molecule has 1 atom stereocenters. The van der Waals surface area contributed by atoms with Crippen molar-refractivity contribution < 1.29 is 9.47 Å². The topological polar surface area (TPSA) is 33.7 Å². The second-order valence-corrected chi connectivity index (χ2v) is 6.64. The van der Waals surface area contributed by atoms with Crippen LogP contribution in [0.3, 0.4) is 0 Å². The summed E-state index contributed by atoms with van der Waals surface area (Å²) in [4.78, 5) is 2.25. The van der Waals surface area contributed by atoms with Crippen molar-refractivity contribution in [3.05, 3.63) is 53.6 Å². The van der Waals surface area contributed by atoms with Crippen LogP contribution < -0.4 is 14.8 Å². The molecule has 2 aromatic carbocycles. The molecule has 2 aromatic rings. The maximum absolute atomic E-state index is 5.68. The Bertz CT molecular complexity index is 746. The van der Waals surface area contributed by atoms with Crippen LogP contribution in [0.5, 0.6) is 11.5 Å². The van der Waals surface area contributed by atoms with E-state index in [0.717, 1.165) is 47.2 Å². The summed E-state index contributed by atoms with van der Waals surface area (Å²) in [6.07, 6.45) is 2.16. The Morgan fingerprint density at radius 1 is 1.12 bits per heavy atom. The van der Waals surface area contributed by atoms with Crippen molar-refractivity contribution in [2.24, 2.45) is 0 Å². The highest BCUT2D eigenvalue weighted by atomic mass is 32.1. The molecule has 1 fully saturated rings. The molecule has 0 aliphatic carbocycles. The molecule has 3 rings (SSSR count). The zero-order valence-corrected chi connectivity index (χ0v) is 15.7. The van der Waals surface area contributed by atoms with Crippen LogP contribution in [0.1, 0.15) is 30.0 Å². The summed E-state index contributed by atoms with van der Waals surface area (Å²) in [7, 11) is 3.36. The zero-order valence-electron chi connectivity index (χ0n) is 14.9. The monoisotopic (exact) mass is 356 g/mol. The van der Waals surface area contributed by atoms with E-state index in [1.807, 2.05) is 12.1 Å². The number of anilines is 1. The predicted molar refractivity (Wildman–Crippen MR) is 106 cm³/mol. The number of hydrogen-bond donors (Lipinski definition) is 1. The number of thiocarbonyl (C=S) groups is 1. The molecule has 4 nitrogen and oxygen atoms in total. The molecule has 1 N–H and O–H groups in total. The SMILES string of the molecule is COc1ccc([C@@H]2CCCN2C(=S)Nc2ccc(C)cc2)c(OC)c1. The fourth-order valence-corrected chi connectivity index (χ4v) is 3.60. The van der Waals surface area contributed by atoms with Crippen molar-refractivity contribution in [1.29, 1.82) is 0 Å². The first-order chi connectivity index (χ1) is 12.1. The summed E-state index contributed by atoms with van der Waals surface area (Å²) in [5.74, 6) is 1.64. The second kappa shape index (κ2) is 7.74. The smallest absolute Gasteiger partial charge is 0.173 e. The standard InChI is InChI=1S/C20H24N2O2S/c1-14-6-8-15(9-7-14)21-20(25)22-12-4-5-18(22)17-11-10-16(23-2)13-19(17)24-3/h6-11,13,18H,4-5,12H2,1-3H3,(H,21,25)/t18-/m0/s1. The lowest BCUT2D eigenvalue weighted by Crippen LogP contribution is -2.34. The predicted octanol–water partition coefficient (Wildman–Crippen LogP) is 4.55. The molecule has 0 amide bonds. The summed E-state index contributed by atoms with van der Waals surface area (Å²) < 4.78 is 10.9. The van der Waals surface area contributed by atoms with Gasteiger partial charge in [0.2, 0.25) is 0 Å². The molecule has 0 unspecified atom stereocenters. The lowest BCUT2D eigenvalue weighted by molar-refractivity contribution is 0.362.